The van der Waals surface area contributed by atoms with Crippen LogP contribution in [-0.4, -0.2) is 17.8 Å². The van der Waals surface area contributed by atoms with Crippen molar-refractivity contribution in [3.05, 3.63) is 221 Å². The Morgan fingerprint density at radius 1 is 0.516 bits per heavy atom. The maximum absolute atomic E-state index is 9.80. The molecular formula is C58H46N4. The lowest BCUT2D eigenvalue weighted by atomic mass is 9.67. The quantitative estimate of drug-likeness (QED) is 0.175. The number of rotatable bonds is 7. The molecule has 4 nitrogen and oxygen atoms in total. The van der Waals surface area contributed by atoms with Gasteiger partial charge in [-0.3, -0.25) is 0 Å². The topological polar surface area (TPSA) is 60.5 Å². The molecule has 4 heteroatoms. The summed E-state index contributed by atoms with van der Waals surface area (Å²) in [6, 6.07) is 63.2. The van der Waals surface area contributed by atoms with Crippen LogP contribution in [0.15, 0.2) is 198 Å². The molecule has 0 amide bonds. The average Bonchev–Trinajstić information content (AvgIpc) is 3.62. The van der Waals surface area contributed by atoms with E-state index in [0.29, 0.717) is 0 Å². The van der Waals surface area contributed by atoms with E-state index in [4.69, 9.17) is 9.98 Å². The van der Waals surface area contributed by atoms with Gasteiger partial charge in [0, 0.05) is 16.5 Å². The molecule has 1 fully saturated rings. The van der Waals surface area contributed by atoms with Gasteiger partial charge >= 0.3 is 0 Å². The van der Waals surface area contributed by atoms with Gasteiger partial charge in [0.25, 0.3) is 0 Å². The highest BCUT2D eigenvalue weighted by Crippen LogP contribution is 2.58. The van der Waals surface area contributed by atoms with Crippen molar-refractivity contribution in [2.24, 2.45) is 9.98 Å². The molecule has 1 unspecified atom stereocenters. The molecule has 7 aromatic carbocycles. The first kappa shape index (κ1) is 37.6. The van der Waals surface area contributed by atoms with Crippen LogP contribution in [0.2, 0.25) is 0 Å². The van der Waals surface area contributed by atoms with E-state index in [1.807, 2.05) is 18.2 Å². The third-order valence-electron chi connectivity index (χ3n) is 13.6. The average molecular weight is 799 g/mol. The molecule has 0 bridgehead atoms. The van der Waals surface area contributed by atoms with E-state index in [1.165, 1.54) is 91.6 Å². The predicted molar refractivity (Wildman–Crippen MR) is 255 cm³/mol. The summed E-state index contributed by atoms with van der Waals surface area (Å²) in [7, 11) is 0. The van der Waals surface area contributed by atoms with Gasteiger partial charge in [0.2, 0.25) is 0 Å². The van der Waals surface area contributed by atoms with Gasteiger partial charge in [-0.25, -0.2) is 9.98 Å². The van der Waals surface area contributed by atoms with Crippen molar-refractivity contribution in [3.8, 4) is 50.6 Å². The Kier molecular flexibility index (Phi) is 9.66. The number of nitrogens with one attached hydrogen (secondary N) is 1. The van der Waals surface area contributed by atoms with E-state index in [1.54, 1.807) is 0 Å². The molecule has 1 spiro atoms. The van der Waals surface area contributed by atoms with Crippen molar-refractivity contribution in [1.82, 2.24) is 5.32 Å². The summed E-state index contributed by atoms with van der Waals surface area (Å²) in [5.41, 5.74) is 19.4. The molecule has 1 saturated carbocycles. The van der Waals surface area contributed by atoms with Gasteiger partial charge in [-0.15, -0.1) is 0 Å². The van der Waals surface area contributed by atoms with E-state index >= 15 is 0 Å². The maximum Gasteiger partial charge on any atom is 0.159 e. The summed E-state index contributed by atoms with van der Waals surface area (Å²) >= 11 is 0. The first-order valence-corrected chi connectivity index (χ1v) is 22.1. The zero-order valence-corrected chi connectivity index (χ0v) is 34.7. The number of benzene rings is 7. The van der Waals surface area contributed by atoms with Crippen LogP contribution in [-0.2, 0) is 5.41 Å². The van der Waals surface area contributed by atoms with Crippen LogP contribution in [0.3, 0.4) is 0 Å². The second-order valence-electron chi connectivity index (χ2n) is 17.1. The lowest BCUT2D eigenvalue weighted by Crippen LogP contribution is -2.40. The molecule has 0 radical (unpaired) electrons. The number of aliphatic imine (C=N–C) groups is 2. The van der Waals surface area contributed by atoms with Crippen molar-refractivity contribution in [2.45, 2.75) is 56.5 Å². The molecule has 62 heavy (non-hydrogen) atoms. The van der Waals surface area contributed by atoms with Crippen LogP contribution in [0.25, 0.3) is 50.1 Å². The molecule has 0 saturated heterocycles. The minimum Gasteiger partial charge on any atom is -0.344 e. The van der Waals surface area contributed by atoms with Crippen LogP contribution in [0.1, 0.15) is 78.3 Å². The number of nitrogens with zero attached hydrogens (tertiary/aromatic N) is 3. The summed E-state index contributed by atoms with van der Waals surface area (Å²) < 4.78 is 0. The summed E-state index contributed by atoms with van der Waals surface area (Å²) in [5, 5.41) is 13.5. The first-order chi connectivity index (χ1) is 30.6. The number of nitriles is 1. The fourth-order valence-electron chi connectivity index (χ4n) is 10.3. The minimum absolute atomic E-state index is 0.0140. The minimum atomic E-state index is -0.203. The second kappa shape index (κ2) is 15.9. The lowest BCUT2D eigenvalue weighted by molar-refractivity contribution is 0.353. The molecule has 1 heterocycles. The van der Waals surface area contributed by atoms with E-state index in [0.717, 1.165) is 54.0 Å². The van der Waals surface area contributed by atoms with E-state index in [-0.39, 0.29) is 11.6 Å². The number of fused-ring (bicyclic) bond motifs is 5. The standard InChI is InChI=1S/C58H46N4/c59-38-39-17-34-51-53(37-39)58(35-8-3-9-36-58)52-16-10-15-50(54(51)52)46-28-22-44(23-29-46)42-18-20-43(21-19-42)45-26-32-49(33-27-45)57-61-55(47-13-6-2-7-14-47)60-56(62-57)48-30-24-41(25-31-48)40-11-4-1-5-12-40/h1-2,4-7,10-26,28-32,34,37,57H,3,8-9,27,33,35-36H2,(H,60,61,62). The van der Waals surface area contributed by atoms with Gasteiger partial charge in [0.15, 0.2) is 5.84 Å². The molecule has 1 atom stereocenters. The SMILES string of the molecule is N#Cc1ccc2c(c1)C1(CCCCC1)c1cccc(-c3ccc(-c4ccc(C5=CC=C(C6N=C(c7ccc(-c8ccccc8)cc7)N=C(c7ccccc7)N6)CC5)cc4)cc3)c1-2. The lowest BCUT2D eigenvalue weighted by Gasteiger charge is -2.36. The van der Waals surface area contributed by atoms with Crippen LogP contribution < -0.4 is 5.32 Å². The van der Waals surface area contributed by atoms with Crippen LogP contribution >= 0.6 is 0 Å². The molecule has 1 N–H and O–H groups in total. The third kappa shape index (κ3) is 6.81. The van der Waals surface area contributed by atoms with Gasteiger partial charge in [-0.2, -0.15) is 5.26 Å². The van der Waals surface area contributed by atoms with Gasteiger partial charge in [-0.05, 0) is 110 Å². The molecule has 7 aromatic rings. The fourth-order valence-corrected chi connectivity index (χ4v) is 10.3. The largest absolute Gasteiger partial charge is 0.344 e. The van der Waals surface area contributed by atoms with E-state index in [2.05, 4.69) is 175 Å². The highest BCUT2D eigenvalue weighted by Gasteiger charge is 2.44. The Balaban J connectivity index is 0.833. The van der Waals surface area contributed by atoms with Gasteiger partial charge < -0.3 is 5.32 Å². The smallest absolute Gasteiger partial charge is 0.159 e. The van der Waals surface area contributed by atoms with Gasteiger partial charge in [0.1, 0.15) is 12.0 Å². The van der Waals surface area contributed by atoms with Crippen LogP contribution in [0, 0.1) is 11.3 Å². The molecule has 4 aliphatic rings. The Bertz CT molecular complexity index is 2980. The maximum atomic E-state index is 9.80. The predicted octanol–water partition coefficient (Wildman–Crippen LogP) is 13.7. The normalized spacial score (nSPS) is 17.4. The van der Waals surface area contributed by atoms with Gasteiger partial charge in [-0.1, -0.05) is 189 Å². The molecule has 11 rings (SSSR count). The summed E-state index contributed by atoms with van der Waals surface area (Å²) in [6.45, 7) is 0. The van der Waals surface area contributed by atoms with Crippen molar-refractivity contribution < 1.29 is 0 Å². The summed E-state index contributed by atoms with van der Waals surface area (Å²) in [4.78, 5) is 10.2. The Morgan fingerprint density at radius 2 is 1.13 bits per heavy atom. The monoisotopic (exact) mass is 798 g/mol. The Morgan fingerprint density at radius 3 is 1.77 bits per heavy atom. The summed E-state index contributed by atoms with van der Waals surface area (Å²) in [6.07, 6.45) is 12.2. The third-order valence-corrected chi connectivity index (χ3v) is 13.6. The summed E-state index contributed by atoms with van der Waals surface area (Å²) in [5.74, 6) is 1.58. The first-order valence-electron chi connectivity index (χ1n) is 22.1. The van der Waals surface area contributed by atoms with Crippen molar-refractivity contribution in [2.75, 3.05) is 0 Å². The highest BCUT2D eigenvalue weighted by atomic mass is 15.2. The molecule has 0 aromatic heterocycles. The highest BCUT2D eigenvalue weighted by molar-refractivity contribution is 6.13. The second-order valence-corrected chi connectivity index (χ2v) is 17.1. The number of allylic oxidation sites excluding steroid dienone is 3. The van der Waals surface area contributed by atoms with Crippen molar-refractivity contribution in [1.29, 1.82) is 5.26 Å². The van der Waals surface area contributed by atoms with Crippen molar-refractivity contribution >= 4 is 17.2 Å². The molecule has 298 valence electrons. The number of hydrogen-bond donors (Lipinski definition) is 1. The van der Waals surface area contributed by atoms with E-state index < -0.39 is 0 Å². The number of amidine groups is 2. The molecule has 3 aliphatic carbocycles. The van der Waals surface area contributed by atoms with Gasteiger partial charge in [0.05, 0.1) is 11.6 Å². The Hall–Kier alpha value is -7.35. The zero-order chi connectivity index (χ0) is 41.5. The van der Waals surface area contributed by atoms with E-state index in [9.17, 15) is 5.26 Å². The van der Waals surface area contributed by atoms with Crippen LogP contribution in [0.5, 0.6) is 0 Å². The molecule has 1 aliphatic heterocycles. The molecular weight excluding hydrogens is 753 g/mol. The fraction of sp³-hybridized carbons (Fsp3) is 0.155. The zero-order valence-electron chi connectivity index (χ0n) is 34.7. The van der Waals surface area contributed by atoms with Crippen LogP contribution in [0.4, 0.5) is 0 Å². The van der Waals surface area contributed by atoms with Crippen molar-refractivity contribution in [3.63, 3.8) is 0 Å². The number of hydrogen-bond acceptors (Lipinski definition) is 4. The Labute approximate surface area is 364 Å².